The Morgan fingerprint density at radius 2 is 2.15 bits per heavy atom. The third kappa shape index (κ3) is 2.65. The van der Waals surface area contributed by atoms with Crippen LogP contribution in [0.2, 0.25) is 0 Å². The fourth-order valence-corrected chi connectivity index (χ4v) is 5.10. The molecule has 3 rings (SSSR count). The van der Waals surface area contributed by atoms with Crippen molar-refractivity contribution in [3.05, 3.63) is 45.4 Å². The molecule has 0 spiro atoms. The number of likely N-dealkylation sites (N-methyl/N-ethyl adjacent to an activating group) is 1. The van der Waals surface area contributed by atoms with E-state index >= 15 is 0 Å². The zero-order valence-corrected chi connectivity index (χ0v) is 13.8. The second-order valence-corrected chi connectivity index (χ2v) is 7.65. The number of hydrogen-bond donors (Lipinski definition) is 1. The smallest absolute Gasteiger partial charge is 0.0946 e. The fourth-order valence-electron chi connectivity index (χ4n) is 2.78. The lowest BCUT2D eigenvalue weighted by atomic mass is 9.91. The van der Waals surface area contributed by atoms with Crippen molar-refractivity contribution in [2.45, 2.75) is 37.1 Å². The van der Waals surface area contributed by atoms with E-state index < -0.39 is 0 Å². The average molecular weight is 304 g/mol. The van der Waals surface area contributed by atoms with Gasteiger partial charge in [0.05, 0.1) is 10.7 Å². The van der Waals surface area contributed by atoms with Crippen molar-refractivity contribution in [3.8, 4) is 0 Å². The van der Waals surface area contributed by atoms with Gasteiger partial charge < -0.3 is 5.32 Å². The van der Waals surface area contributed by atoms with Crippen LogP contribution in [0.15, 0.2) is 29.2 Å². The minimum Gasteiger partial charge on any atom is -0.316 e. The Morgan fingerprint density at radius 3 is 2.85 bits per heavy atom. The Morgan fingerprint density at radius 1 is 1.35 bits per heavy atom. The van der Waals surface area contributed by atoms with Crippen LogP contribution in [0, 0.1) is 13.8 Å². The Kier molecular flexibility index (Phi) is 4.15. The number of thiazole rings is 1. The van der Waals surface area contributed by atoms with E-state index in [0.29, 0.717) is 12.0 Å². The summed E-state index contributed by atoms with van der Waals surface area (Å²) >= 11 is 3.82. The van der Waals surface area contributed by atoms with Crippen LogP contribution >= 0.6 is 23.1 Å². The first-order valence-electron chi connectivity index (χ1n) is 7.01. The molecule has 20 heavy (non-hydrogen) atoms. The Hall–Kier alpha value is -0.840. The third-order valence-corrected chi connectivity index (χ3v) is 6.36. The second-order valence-electron chi connectivity index (χ2n) is 5.30. The van der Waals surface area contributed by atoms with E-state index in [4.69, 9.17) is 4.98 Å². The van der Waals surface area contributed by atoms with Gasteiger partial charge in [0, 0.05) is 33.9 Å². The highest BCUT2D eigenvalue weighted by molar-refractivity contribution is 7.99. The van der Waals surface area contributed by atoms with Crippen molar-refractivity contribution in [2.75, 3.05) is 12.8 Å². The molecule has 0 radical (unpaired) electrons. The maximum absolute atomic E-state index is 4.70. The predicted molar refractivity (Wildman–Crippen MR) is 88.0 cm³/mol. The number of fused-ring (bicyclic) bond motifs is 1. The lowest BCUT2D eigenvalue weighted by molar-refractivity contribution is 0.488. The summed E-state index contributed by atoms with van der Waals surface area (Å²) < 4.78 is 0. The summed E-state index contributed by atoms with van der Waals surface area (Å²) in [6, 6.07) is 9.28. The predicted octanol–water partition coefficient (Wildman–Crippen LogP) is 3.78. The Labute approximate surface area is 129 Å². The first-order valence-corrected chi connectivity index (χ1v) is 8.81. The van der Waals surface area contributed by atoms with Crippen LogP contribution in [0.5, 0.6) is 0 Å². The lowest BCUT2D eigenvalue weighted by Gasteiger charge is -2.22. The third-order valence-electron chi connectivity index (χ3n) is 4.06. The zero-order valence-electron chi connectivity index (χ0n) is 12.1. The highest BCUT2D eigenvalue weighted by Gasteiger charge is 2.30. The molecule has 2 atom stereocenters. The van der Waals surface area contributed by atoms with Crippen LogP contribution in [-0.2, 0) is 6.42 Å². The molecule has 2 nitrogen and oxygen atoms in total. The van der Waals surface area contributed by atoms with E-state index in [2.05, 4.69) is 50.5 Å². The van der Waals surface area contributed by atoms with E-state index in [1.165, 1.54) is 31.8 Å². The topological polar surface area (TPSA) is 24.9 Å². The van der Waals surface area contributed by atoms with E-state index in [9.17, 15) is 0 Å². The summed E-state index contributed by atoms with van der Waals surface area (Å²) in [6.07, 6.45) is 1.02. The molecular weight excluding hydrogens is 284 g/mol. The van der Waals surface area contributed by atoms with Crippen molar-refractivity contribution >= 4 is 23.1 Å². The summed E-state index contributed by atoms with van der Waals surface area (Å²) in [5.74, 6) is 1.76. The van der Waals surface area contributed by atoms with E-state index in [-0.39, 0.29) is 0 Å². The van der Waals surface area contributed by atoms with Gasteiger partial charge in [-0.2, -0.15) is 0 Å². The first kappa shape index (κ1) is 14.1. The maximum atomic E-state index is 4.70. The summed E-state index contributed by atoms with van der Waals surface area (Å²) in [5.41, 5.74) is 2.68. The number of thioether (sulfide) groups is 1. The largest absolute Gasteiger partial charge is 0.316 e. The van der Waals surface area contributed by atoms with Gasteiger partial charge in [-0.15, -0.1) is 23.1 Å². The summed E-state index contributed by atoms with van der Waals surface area (Å²) in [4.78, 5) is 7.49. The fraction of sp³-hybridized carbons (Fsp3) is 0.438. The molecule has 0 aliphatic carbocycles. The zero-order chi connectivity index (χ0) is 14.1. The number of benzene rings is 1. The minimum atomic E-state index is 0.469. The van der Waals surface area contributed by atoms with Gasteiger partial charge in [0.1, 0.15) is 0 Å². The van der Waals surface area contributed by atoms with Gasteiger partial charge in [-0.1, -0.05) is 18.2 Å². The summed E-state index contributed by atoms with van der Waals surface area (Å²) in [6.45, 7) is 4.26. The number of rotatable bonds is 4. The van der Waals surface area contributed by atoms with Gasteiger partial charge in [0.25, 0.3) is 0 Å². The monoisotopic (exact) mass is 304 g/mol. The SMILES string of the molecule is CNC(Cc1nc(C)c(C)s1)C1CSc2ccccc21. The molecule has 2 heterocycles. The normalized spacial score (nSPS) is 19.1. The van der Waals surface area contributed by atoms with Crippen molar-refractivity contribution in [1.82, 2.24) is 10.3 Å². The molecular formula is C16H20N2S2. The number of nitrogens with zero attached hydrogens (tertiary/aromatic N) is 1. The molecule has 2 unspecified atom stereocenters. The highest BCUT2D eigenvalue weighted by Crippen LogP contribution is 2.41. The summed E-state index contributed by atoms with van der Waals surface area (Å²) in [7, 11) is 2.07. The van der Waals surface area contributed by atoms with Gasteiger partial charge >= 0.3 is 0 Å². The van der Waals surface area contributed by atoms with Crippen LogP contribution in [0.4, 0.5) is 0 Å². The molecule has 1 aliphatic heterocycles. The average Bonchev–Trinajstić information content (AvgIpc) is 3.00. The van der Waals surface area contributed by atoms with Crippen molar-refractivity contribution < 1.29 is 0 Å². The quantitative estimate of drug-likeness (QED) is 0.930. The van der Waals surface area contributed by atoms with E-state index in [1.807, 2.05) is 23.1 Å². The van der Waals surface area contributed by atoms with E-state index in [0.717, 1.165) is 6.42 Å². The highest BCUT2D eigenvalue weighted by atomic mass is 32.2. The molecule has 4 heteroatoms. The number of nitrogens with one attached hydrogen (secondary N) is 1. The molecule has 1 aromatic heterocycles. The molecule has 0 bridgehead atoms. The molecule has 0 fully saturated rings. The van der Waals surface area contributed by atoms with Crippen molar-refractivity contribution in [3.63, 3.8) is 0 Å². The first-order chi connectivity index (χ1) is 9.69. The molecule has 1 aromatic carbocycles. The Balaban J connectivity index is 1.81. The van der Waals surface area contributed by atoms with Crippen LogP contribution in [0.3, 0.4) is 0 Å². The van der Waals surface area contributed by atoms with Gasteiger partial charge in [0.15, 0.2) is 0 Å². The minimum absolute atomic E-state index is 0.469. The van der Waals surface area contributed by atoms with Gasteiger partial charge in [-0.05, 0) is 32.5 Å². The van der Waals surface area contributed by atoms with Crippen LogP contribution in [0.25, 0.3) is 0 Å². The molecule has 106 valence electrons. The molecule has 0 saturated carbocycles. The standard InChI is InChI=1S/C16H20N2S2/c1-10-11(2)20-16(18-10)8-14(17-3)13-9-19-15-7-5-4-6-12(13)15/h4-7,13-14,17H,8-9H2,1-3H3. The van der Waals surface area contributed by atoms with Gasteiger partial charge in [-0.3, -0.25) is 0 Å². The lowest BCUT2D eigenvalue weighted by Crippen LogP contribution is -2.34. The Bertz CT molecular complexity index is 587. The summed E-state index contributed by atoms with van der Waals surface area (Å²) in [5, 5.41) is 4.77. The van der Waals surface area contributed by atoms with Gasteiger partial charge in [0.2, 0.25) is 0 Å². The molecule has 0 amide bonds. The molecule has 2 aromatic rings. The molecule has 1 N–H and O–H groups in total. The number of aromatic nitrogens is 1. The number of hydrogen-bond acceptors (Lipinski definition) is 4. The van der Waals surface area contributed by atoms with E-state index in [1.54, 1.807) is 0 Å². The van der Waals surface area contributed by atoms with Crippen LogP contribution in [0.1, 0.15) is 27.1 Å². The van der Waals surface area contributed by atoms with Crippen LogP contribution in [-0.4, -0.2) is 23.8 Å². The molecule has 1 aliphatic rings. The second kappa shape index (κ2) is 5.88. The maximum Gasteiger partial charge on any atom is 0.0946 e. The number of aryl methyl sites for hydroxylation is 2. The van der Waals surface area contributed by atoms with Gasteiger partial charge in [-0.25, -0.2) is 4.98 Å². The molecule has 0 saturated heterocycles. The van der Waals surface area contributed by atoms with Crippen LogP contribution < -0.4 is 5.32 Å². The van der Waals surface area contributed by atoms with Crippen molar-refractivity contribution in [2.24, 2.45) is 0 Å². The van der Waals surface area contributed by atoms with Crippen molar-refractivity contribution in [1.29, 1.82) is 0 Å².